The molecule has 1 heteroatoms. The van der Waals surface area contributed by atoms with Gasteiger partial charge in [-0.25, -0.2) is 0 Å². The lowest BCUT2D eigenvalue weighted by molar-refractivity contribution is 0.354. The minimum Gasteiger partial charge on any atom is -0.317 e. The summed E-state index contributed by atoms with van der Waals surface area (Å²) in [4.78, 5) is 0. The summed E-state index contributed by atoms with van der Waals surface area (Å²) in [5.41, 5.74) is 0. The molecule has 80 valence electrons. The molecule has 1 N–H and O–H groups in total. The third kappa shape index (κ3) is 3.35. The van der Waals surface area contributed by atoms with E-state index < -0.39 is 0 Å². The third-order valence-corrected chi connectivity index (χ3v) is 3.43. The Hall–Kier alpha value is -0.480. The number of nitrogens with one attached hydrogen (secondary N) is 1. The van der Waals surface area contributed by atoms with Crippen LogP contribution in [0.2, 0.25) is 0 Å². The first-order valence-corrected chi connectivity index (χ1v) is 5.84. The van der Waals surface area contributed by atoms with Crippen molar-refractivity contribution in [3.05, 3.63) is 0 Å². The highest BCUT2D eigenvalue weighted by molar-refractivity contribution is 4.96. The van der Waals surface area contributed by atoms with Crippen LogP contribution in [0.4, 0.5) is 0 Å². The SMILES string of the molecule is CC#CCCC(NC)C1CCC(C)C1. The fourth-order valence-electron chi connectivity index (χ4n) is 2.58. The summed E-state index contributed by atoms with van der Waals surface area (Å²) in [5.74, 6) is 7.96. The summed E-state index contributed by atoms with van der Waals surface area (Å²) in [5, 5.41) is 3.46. The zero-order valence-electron chi connectivity index (χ0n) is 9.77. The van der Waals surface area contributed by atoms with Crippen molar-refractivity contribution in [1.82, 2.24) is 5.32 Å². The molecule has 0 spiro atoms. The molecular formula is C13H23N. The van der Waals surface area contributed by atoms with Crippen molar-refractivity contribution in [2.24, 2.45) is 11.8 Å². The van der Waals surface area contributed by atoms with Crippen molar-refractivity contribution >= 4 is 0 Å². The first-order chi connectivity index (χ1) is 6.77. The Bertz CT molecular complexity index is 211. The summed E-state index contributed by atoms with van der Waals surface area (Å²) in [6.45, 7) is 4.30. The second-order valence-electron chi connectivity index (χ2n) is 4.54. The second-order valence-corrected chi connectivity index (χ2v) is 4.54. The zero-order chi connectivity index (χ0) is 10.4. The summed E-state index contributed by atoms with van der Waals surface area (Å²) in [7, 11) is 2.09. The third-order valence-electron chi connectivity index (χ3n) is 3.43. The molecule has 0 heterocycles. The standard InChI is InChI=1S/C13H23N/c1-4-5-6-7-13(14-3)12-9-8-11(2)10-12/h11-14H,6-10H2,1-3H3. The minimum atomic E-state index is 0.695. The van der Waals surface area contributed by atoms with Crippen molar-refractivity contribution in [3.63, 3.8) is 0 Å². The Morgan fingerprint density at radius 3 is 2.71 bits per heavy atom. The Morgan fingerprint density at radius 2 is 2.21 bits per heavy atom. The van der Waals surface area contributed by atoms with Gasteiger partial charge in [-0.1, -0.05) is 13.3 Å². The van der Waals surface area contributed by atoms with E-state index >= 15 is 0 Å². The van der Waals surface area contributed by atoms with E-state index in [1.807, 2.05) is 6.92 Å². The van der Waals surface area contributed by atoms with Crippen LogP contribution < -0.4 is 5.32 Å². The molecule has 1 saturated carbocycles. The number of hydrogen-bond donors (Lipinski definition) is 1. The molecule has 1 fully saturated rings. The maximum atomic E-state index is 3.46. The van der Waals surface area contributed by atoms with Crippen LogP contribution in [0.15, 0.2) is 0 Å². The molecule has 0 aliphatic heterocycles. The van der Waals surface area contributed by atoms with Crippen LogP contribution >= 0.6 is 0 Å². The van der Waals surface area contributed by atoms with Crippen LogP contribution in [0, 0.1) is 23.7 Å². The number of rotatable bonds is 4. The van der Waals surface area contributed by atoms with Crippen molar-refractivity contribution in [1.29, 1.82) is 0 Å². The normalized spacial score (nSPS) is 28.2. The highest BCUT2D eigenvalue weighted by atomic mass is 14.9. The molecule has 1 rings (SSSR count). The van der Waals surface area contributed by atoms with Crippen molar-refractivity contribution in [2.75, 3.05) is 7.05 Å². The zero-order valence-corrected chi connectivity index (χ0v) is 9.77. The van der Waals surface area contributed by atoms with Gasteiger partial charge in [-0.05, 0) is 45.1 Å². The van der Waals surface area contributed by atoms with Gasteiger partial charge in [-0.2, -0.15) is 0 Å². The van der Waals surface area contributed by atoms with Gasteiger partial charge in [0.25, 0.3) is 0 Å². The fourth-order valence-corrected chi connectivity index (χ4v) is 2.58. The van der Waals surface area contributed by atoms with Crippen LogP contribution in [0.1, 0.15) is 46.0 Å². The molecule has 3 unspecified atom stereocenters. The van der Waals surface area contributed by atoms with Gasteiger partial charge in [0.2, 0.25) is 0 Å². The van der Waals surface area contributed by atoms with Gasteiger partial charge < -0.3 is 5.32 Å². The minimum absolute atomic E-state index is 0.695. The van der Waals surface area contributed by atoms with Gasteiger partial charge in [0.1, 0.15) is 0 Å². The molecule has 0 aromatic heterocycles. The highest BCUT2D eigenvalue weighted by Gasteiger charge is 2.27. The molecule has 0 saturated heterocycles. The van der Waals surface area contributed by atoms with Crippen LogP contribution in [0.25, 0.3) is 0 Å². The monoisotopic (exact) mass is 193 g/mol. The van der Waals surface area contributed by atoms with Gasteiger partial charge in [0, 0.05) is 12.5 Å². The molecule has 0 amide bonds. The molecule has 0 bridgehead atoms. The maximum Gasteiger partial charge on any atom is 0.0103 e. The van der Waals surface area contributed by atoms with Crippen LogP contribution in [-0.4, -0.2) is 13.1 Å². The molecule has 3 atom stereocenters. The van der Waals surface area contributed by atoms with Gasteiger partial charge in [0.05, 0.1) is 0 Å². The van der Waals surface area contributed by atoms with E-state index in [0.717, 1.165) is 18.3 Å². The smallest absolute Gasteiger partial charge is 0.0103 e. The van der Waals surface area contributed by atoms with Crippen molar-refractivity contribution in [2.45, 2.75) is 52.0 Å². The second kappa shape index (κ2) is 6.09. The van der Waals surface area contributed by atoms with Crippen LogP contribution in [0.5, 0.6) is 0 Å². The van der Waals surface area contributed by atoms with E-state index in [0.29, 0.717) is 6.04 Å². The number of hydrogen-bond acceptors (Lipinski definition) is 1. The van der Waals surface area contributed by atoms with E-state index in [2.05, 4.69) is 31.1 Å². The first-order valence-electron chi connectivity index (χ1n) is 5.84. The van der Waals surface area contributed by atoms with Crippen LogP contribution in [-0.2, 0) is 0 Å². The molecule has 14 heavy (non-hydrogen) atoms. The summed E-state index contributed by atoms with van der Waals surface area (Å²) < 4.78 is 0. The maximum absolute atomic E-state index is 3.46. The fraction of sp³-hybridized carbons (Fsp3) is 0.846. The Labute approximate surface area is 88.7 Å². The lowest BCUT2D eigenvalue weighted by Gasteiger charge is -2.22. The Morgan fingerprint density at radius 1 is 1.43 bits per heavy atom. The lowest BCUT2D eigenvalue weighted by atomic mass is 9.93. The first kappa shape index (κ1) is 11.6. The molecule has 0 radical (unpaired) electrons. The lowest BCUT2D eigenvalue weighted by Crippen LogP contribution is -2.32. The Kier molecular flexibility index (Phi) is 5.04. The van der Waals surface area contributed by atoms with E-state index in [1.54, 1.807) is 0 Å². The van der Waals surface area contributed by atoms with E-state index in [9.17, 15) is 0 Å². The van der Waals surface area contributed by atoms with Crippen LogP contribution in [0.3, 0.4) is 0 Å². The summed E-state index contributed by atoms with van der Waals surface area (Å²) >= 11 is 0. The van der Waals surface area contributed by atoms with E-state index in [1.165, 1.54) is 25.7 Å². The molecule has 0 aromatic rings. The van der Waals surface area contributed by atoms with Crippen molar-refractivity contribution < 1.29 is 0 Å². The Balaban J connectivity index is 2.32. The van der Waals surface area contributed by atoms with Gasteiger partial charge in [-0.15, -0.1) is 11.8 Å². The topological polar surface area (TPSA) is 12.0 Å². The average molecular weight is 193 g/mol. The summed E-state index contributed by atoms with van der Waals surface area (Å²) in [6.07, 6.45) is 6.50. The predicted molar refractivity (Wildman–Crippen MR) is 62.0 cm³/mol. The quantitative estimate of drug-likeness (QED) is 0.677. The van der Waals surface area contributed by atoms with E-state index in [-0.39, 0.29) is 0 Å². The molecular weight excluding hydrogens is 170 g/mol. The molecule has 1 aliphatic carbocycles. The molecule has 1 nitrogen and oxygen atoms in total. The average Bonchev–Trinajstić information content (AvgIpc) is 2.60. The van der Waals surface area contributed by atoms with Gasteiger partial charge in [-0.3, -0.25) is 0 Å². The largest absolute Gasteiger partial charge is 0.317 e. The molecule has 1 aliphatic rings. The van der Waals surface area contributed by atoms with E-state index in [4.69, 9.17) is 0 Å². The van der Waals surface area contributed by atoms with Gasteiger partial charge >= 0.3 is 0 Å². The summed E-state index contributed by atoms with van der Waals surface area (Å²) in [6, 6.07) is 0.695. The van der Waals surface area contributed by atoms with Gasteiger partial charge in [0.15, 0.2) is 0 Å². The highest BCUT2D eigenvalue weighted by Crippen LogP contribution is 2.33. The van der Waals surface area contributed by atoms with Crippen molar-refractivity contribution in [3.8, 4) is 11.8 Å². The molecule has 0 aromatic carbocycles. The predicted octanol–water partition coefficient (Wildman–Crippen LogP) is 2.81.